The standard InChI is InChI=1S/C15H20N2O3/c1-2-11-4-3-5-12(10-11)16-14(19)15(20)17-8-6-13(18)7-9-17/h3-5,10,13,18H,2,6-9H2,1H3,(H,16,19). The zero-order valence-electron chi connectivity index (χ0n) is 11.6. The number of carbonyl (C=O) groups is 2. The molecule has 2 rings (SSSR count). The molecule has 0 unspecified atom stereocenters. The van der Waals surface area contributed by atoms with Gasteiger partial charge in [-0.1, -0.05) is 19.1 Å². The number of rotatable bonds is 2. The summed E-state index contributed by atoms with van der Waals surface area (Å²) in [5.41, 5.74) is 1.75. The van der Waals surface area contributed by atoms with Crippen molar-refractivity contribution in [2.45, 2.75) is 32.3 Å². The largest absolute Gasteiger partial charge is 0.393 e. The van der Waals surface area contributed by atoms with Gasteiger partial charge in [-0.05, 0) is 37.0 Å². The molecular weight excluding hydrogens is 256 g/mol. The van der Waals surface area contributed by atoms with Crippen LogP contribution in [0.4, 0.5) is 5.69 Å². The van der Waals surface area contributed by atoms with E-state index < -0.39 is 11.8 Å². The first-order chi connectivity index (χ1) is 9.60. The van der Waals surface area contributed by atoms with E-state index in [4.69, 9.17) is 0 Å². The molecule has 0 aromatic heterocycles. The molecule has 108 valence electrons. The van der Waals surface area contributed by atoms with Gasteiger partial charge in [-0.3, -0.25) is 9.59 Å². The molecule has 0 bridgehead atoms. The molecule has 20 heavy (non-hydrogen) atoms. The first kappa shape index (κ1) is 14.5. The molecule has 1 saturated heterocycles. The monoisotopic (exact) mass is 276 g/mol. The highest BCUT2D eigenvalue weighted by Crippen LogP contribution is 2.13. The molecule has 1 aromatic carbocycles. The number of nitrogens with zero attached hydrogens (tertiary/aromatic N) is 1. The van der Waals surface area contributed by atoms with Crippen molar-refractivity contribution < 1.29 is 14.7 Å². The highest BCUT2D eigenvalue weighted by atomic mass is 16.3. The number of piperidine rings is 1. The maximum Gasteiger partial charge on any atom is 0.313 e. The van der Waals surface area contributed by atoms with Crippen molar-refractivity contribution in [3.05, 3.63) is 29.8 Å². The molecule has 1 aromatic rings. The quantitative estimate of drug-likeness (QED) is 0.797. The van der Waals surface area contributed by atoms with Crippen LogP contribution in [0.3, 0.4) is 0 Å². The van der Waals surface area contributed by atoms with Crippen molar-refractivity contribution in [2.75, 3.05) is 18.4 Å². The predicted molar refractivity (Wildman–Crippen MR) is 76.3 cm³/mol. The number of aryl methyl sites for hydroxylation is 1. The molecule has 0 aliphatic carbocycles. The first-order valence-corrected chi connectivity index (χ1v) is 6.97. The average Bonchev–Trinajstić information content (AvgIpc) is 2.47. The Bertz CT molecular complexity index is 494. The summed E-state index contributed by atoms with van der Waals surface area (Å²) in [6.45, 7) is 2.90. The Morgan fingerprint density at radius 2 is 2.05 bits per heavy atom. The lowest BCUT2D eigenvalue weighted by molar-refractivity contribution is -0.144. The fourth-order valence-corrected chi connectivity index (χ4v) is 2.27. The van der Waals surface area contributed by atoms with Gasteiger partial charge in [0.25, 0.3) is 0 Å². The van der Waals surface area contributed by atoms with E-state index in [-0.39, 0.29) is 6.10 Å². The predicted octanol–water partition coefficient (Wildman–Crippen LogP) is 1.17. The number of carbonyl (C=O) groups excluding carboxylic acids is 2. The van der Waals surface area contributed by atoms with Crippen molar-refractivity contribution in [2.24, 2.45) is 0 Å². The minimum atomic E-state index is -0.616. The van der Waals surface area contributed by atoms with E-state index in [1.54, 1.807) is 6.07 Å². The summed E-state index contributed by atoms with van der Waals surface area (Å²) < 4.78 is 0. The van der Waals surface area contributed by atoms with Crippen LogP contribution in [0.15, 0.2) is 24.3 Å². The lowest BCUT2D eigenvalue weighted by Crippen LogP contribution is -2.45. The second-order valence-corrected chi connectivity index (χ2v) is 5.03. The van der Waals surface area contributed by atoms with Crippen LogP contribution in [0.5, 0.6) is 0 Å². The van der Waals surface area contributed by atoms with E-state index in [0.717, 1.165) is 12.0 Å². The van der Waals surface area contributed by atoms with Crippen LogP contribution in [0.1, 0.15) is 25.3 Å². The Morgan fingerprint density at radius 3 is 2.70 bits per heavy atom. The van der Waals surface area contributed by atoms with Gasteiger partial charge in [-0.2, -0.15) is 0 Å². The molecule has 5 heteroatoms. The van der Waals surface area contributed by atoms with Crippen molar-refractivity contribution in [1.29, 1.82) is 0 Å². The first-order valence-electron chi connectivity index (χ1n) is 6.97. The van der Waals surface area contributed by atoms with Crippen molar-refractivity contribution >= 4 is 17.5 Å². The van der Waals surface area contributed by atoms with Crippen molar-refractivity contribution in [1.82, 2.24) is 4.90 Å². The SMILES string of the molecule is CCc1cccc(NC(=O)C(=O)N2CCC(O)CC2)c1. The third kappa shape index (κ3) is 3.57. The molecule has 1 fully saturated rings. The van der Waals surface area contributed by atoms with Gasteiger partial charge >= 0.3 is 11.8 Å². The smallest absolute Gasteiger partial charge is 0.313 e. The van der Waals surface area contributed by atoms with Crippen LogP contribution in [-0.2, 0) is 16.0 Å². The van der Waals surface area contributed by atoms with Gasteiger partial charge < -0.3 is 15.3 Å². The Balaban J connectivity index is 1.95. The van der Waals surface area contributed by atoms with Crippen LogP contribution >= 0.6 is 0 Å². The minimum absolute atomic E-state index is 0.358. The summed E-state index contributed by atoms with van der Waals surface area (Å²) >= 11 is 0. The molecule has 1 aliphatic rings. The van der Waals surface area contributed by atoms with Gasteiger partial charge in [0.1, 0.15) is 0 Å². The molecule has 0 atom stereocenters. The molecule has 0 spiro atoms. The van der Waals surface area contributed by atoms with Gasteiger partial charge in [-0.15, -0.1) is 0 Å². The molecule has 2 amide bonds. The maximum absolute atomic E-state index is 12.0. The van der Waals surface area contributed by atoms with Crippen molar-refractivity contribution in [3.8, 4) is 0 Å². The Kier molecular flexibility index (Phi) is 4.74. The number of hydrogen-bond donors (Lipinski definition) is 2. The van der Waals surface area contributed by atoms with Gasteiger partial charge in [0, 0.05) is 18.8 Å². The summed E-state index contributed by atoms with van der Waals surface area (Å²) in [5, 5.41) is 12.0. The highest BCUT2D eigenvalue weighted by Gasteiger charge is 2.26. The van der Waals surface area contributed by atoms with Crippen LogP contribution < -0.4 is 5.32 Å². The molecule has 5 nitrogen and oxygen atoms in total. The van der Waals surface area contributed by atoms with E-state index in [9.17, 15) is 14.7 Å². The number of aliphatic hydroxyl groups is 1. The summed E-state index contributed by atoms with van der Waals surface area (Å²) in [7, 11) is 0. The summed E-state index contributed by atoms with van der Waals surface area (Å²) in [6, 6.07) is 7.47. The van der Waals surface area contributed by atoms with Gasteiger partial charge in [0.2, 0.25) is 0 Å². The highest BCUT2D eigenvalue weighted by molar-refractivity contribution is 6.39. The van der Waals surface area contributed by atoms with Gasteiger partial charge in [0.05, 0.1) is 6.10 Å². The fraction of sp³-hybridized carbons (Fsp3) is 0.467. The van der Waals surface area contributed by atoms with Crippen LogP contribution in [0.2, 0.25) is 0 Å². The Morgan fingerprint density at radius 1 is 1.35 bits per heavy atom. The van der Waals surface area contributed by atoms with Gasteiger partial charge in [0.15, 0.2) is 0 Å². The lowest BCUT2D eigenvalue weighted by atomic mass is 10.1. The molecule has 2 N–H and O–H groups in total. The van der Waals surface area contributed by atoms with Crippen LogP contribution in [-0.4, -0.2) is 41.0 Å². The summed E-state index contributed by atoms with van der Waals surface area (Å²) in [6.07, 6.45) is 1.58. The number of likely N-dealkylation sites (tertiary alicyclic amines) is 1. The summed E-state index contributed by atoms with van der Waals surface area (Å²) in [4.78, 5) is 25.4. The second kappa shape index (κ2) is 6.52. The lowest BCUT2D eigenvalue weighted by Gasteiger charge is -2.28. The molecule has 0 radical (unpaired) electrons. The normalized spacial score (nSPS) is 16.0. The van der Waals surface area contributed by atoms with E-state index >= 15 is 0 Å². The number of hydrogen-bond acceptors (Lipinski definition) is 3. The Labute approximate surface area is 118 Å². The van der Waals surface area contributed by atoms with Crippen LogP contribution in [0.25, 0.3) is 0 Å². The third-order valence-electron chi connectivity index (χ3n) is 3.54. The molecule has 1 heterocycles. The molecule has 0 saturated carbocycles. The van der Waals surface area contributed by atoms with Crippen molar-refractivity contribution in [3.63, 3.8) is 0 Å². The number of aliphatic hydroxyl groups excluding tert-OH is 1. The number of nitrogens with one attached hydrogen (secondary N) is 1. The zero-order valence-corrected chi connectivity index (χ0v) is 11.6. The maximum atomic E-state index is 12.0. The second-order valence-electron chi connectivity index (χ2n) is 5.03. The topological polar surface area (TPSA) is 69.6 Å². The number of benzene rings is 1. The van der Waals surface area contributed by atoms with E-state index in [1.807, 2.05) is 25.1 Å². The average molecular weight is 276 g/mol. The fourth-order valence-electron chi connectivity index (χ4n) is 2.27. The van der Waals surface area contributed by atoms with Gasteiger partial charge in [-0.25, -0.2) is 0 Å². The third-order valence-corrected chi connectivity index (χ3v) is 3.54. The number of anilines is 1. The minimum Gasteiger partial charge on any atom is -0.393 e. The number of amides is 2. The van der Waals surface area contributed by atoms with E-state index in [2.05, 4.69) is 5.32 Å². The summed E-state index contributed by atoms with van der Waals surface area (Å²) in [5.74, 6) is -1.14. The Hall–Kier alpha value is -1.88. The molecular formula is C15H20N2O3. The van der Waals surface area contributed by atoms with E-state index in [1.165, 1.54) is 4.90 Å². The van der Waals surface area contributed by atoms with E-state index in [0.29, 0.717) is 31.6 Å². The molecule has 1 aliphatic heterocycles. The zero-order chi connectivity index (χ0) is 14.5. The van der Waals surface area contributed by atoms with Crippen LogP contribution in [0, 0.1) is 0 Å².